The molecule has 166 valence electrons. The van der Waals surface area contributed by atoms with E-state index in [4.69, 9.17) is 4.74 Å². The first kappa shape index (κ1) is 21.3. The summed E-state index contributed by atoms with van der Waals surface area (Å²) in [6.07, 6.45) is 4.01. The van der Waals surface area contributed by atoms with Crippen LogP contribution in [0.2, 0.25) is 0 Å². The van der Waals surface area contributed by atoms with Gasteiger partial charge < -0.3 is 20.2 Å². The van der Waals surface area contributed by atoms with Crippen LogP contribution in [0.1, 0.15) is 37.7 Å². The number of ether oxygens (including phenoxy) is 1. The quantitative estimate of drug-likeness (QED) is 0.644. The Hall–Kier alpha value is -2.90. The van der Waals surface area contributed by atoms with Crippen LogP contribution < -0.4 is 10.6 Å². The van der Waals surface area contributed by atoms with Crippen molar-refractivity contribution in [2.45, 2.75) is 50.8 Å². The summed E-state index contributed by atoms with van der Waals surface area (Å²) >= 11 is 0. The standard InChI is InChI=1S/C23H29N3O5/c27-13-18(11-16-9-10-24-21(16)28)25-22(29)20-19-8-4-7-17(19)12-26(20)23(30)31-14-15-5-2-1-3-6-15/h1-3,5-6,13,16-20H,4,7-12,14H2,(H,24,28)(H,25,29). The summed E-state index contributed by atoms with van der Waals surface area (Å²) in [6, 6.07) is 8.02. The fraction of sp³-hybridized carbons (Fsp3) is 0.565. The SMILES string of the molecule is O=CC(CC1CCNC1=O)NC(=O)C1C2CCCC2CN1C(=O)OCc1ccccc1. The molecule has 5 unspecified atom stereocenters. The molecule has 1 aromatic carbocycles. The van der Waals surface area contributed by atoms with E-state index in [2.05, 4.69) is 10.6 Å². The highest BCUT2D eigenvalue weighted by Gasteiger charge is 2.50. The van der Waals surface area contributed by atoms with Gasteiger partial charge in [0.2, 0.25) is 11.8 Å². The normalized spacial score (nSPS) is 28.0. The van der Waals surface area contributed by atoms with Crippen LogP contribution in [-0.4, -0.2) is 54.3 Å². The van der Waals surface area contributed by atoms with Gasteiger partial charge in [-0.15, -0.1) is 0 Å². The molecule has 4 rings (SSSR count). The van der Waals surface area contributed by atoms with Gasteiger partial charge in [0.1, 0.15) is 18.9 Å². The van der Waals surface area contributed by atoms with Gasteiger partial charge in [-0.05, 0) is 43.1 Å². The van der Waals surface area contributed by atoms with E-state index >= 15 is 0 Å². The van der Waals surface area contributed by atoms with E-state index in [9.17, 15) is 19.2 Å². The zero-order valence-corrected chi connectivity index (χ0v) is 17.5. The average molecular weight is 428 g/mol. The lowest BCUT2D eigenvalue weighted by Gasteiger charge is -2.28. The monoisotopic (exact) mass is 427 g/mol. The zero-order valence-electron chi connectivity index (χ0n) is 17.5. The van der Waals surface area contributed by atoms with Crippen molar-refractivity contribution in [1.82, 2.24) is 15.5 Å². The Balaban J connectivity index is 1.41. The van der Waals surface area contributed by atoms with Crippen molar-refractivity contribution in [3.8, 4) is 0 Å². The molecule has 2 N–H and O–H groups in total. The maximum atomic E-state index is 13.2. The van der Waals surface area contributed by atoms with E-state index in [1.807, 2.05) is 30.3 Å². The van der Waals surface area contributed by atoms with Gasteiger partial charge in [0.25, 0.3) is 0 Å². The first-order valence-electron chi connectivity index (χ1n) is 11.1. The van der Waals surface area contributed by atoms with Crippen molar-refractivity contribution in [3.05, 3.63) is 35.9 Å². The highest BCUT2D eigenvalue weighted by molar-refractivity contribution is 5.89. The fourth-order valence-electron chi connectivity index (χ4n) is 5.22. The van der Waals surface area contributed by atoms with Crippen LogP contribution in [-0.2, 0) is 25.7 Å². The summed E-state index contributed by atoms with van der Waals surface area (Å²) in [5.41, 5.74) is 0.882. The Morgan fingerprint density at radius 1 is 1.23 bits per heavy atom. The number of hydrogen-bond donors (Lipinski definition) is 2. The lowest BCUT2D eigenvalue weighted by molar-refractivity contribution is -0.129. The minimum atomic E-state index is -0.746. The number of fused-ring (bicyclic) bond motifs is 1. The van der Waals surface area contributed by atoms with E-state index in [-0.39, 0.29) is 42.6 Å². The molecule has 1 aromatic rings. The van der Waals surface area contributed by atoms with E-state index in [0.29, 0.717) is 25.8 Å². The number of benzene rings is 1. The highest BCUT2D eigenvalue weighted by atomic mass is 16.6. The molecule has 2 aliphatic heterocycles. The molecule has 8 nitrogen and oxygen atoms in total. The molecule has 31 heavy (non-hydrogen) atoms. The van der Waals surface area contributed by atoms with Crippen LogP contribution in [0.4, 0.5) is 4.79 Å². The number of likely N-dealkylation sites (tertiary alicyclic amines) is 1. The predicted molar refractivity (Wildman–Crippen MR) is 112 cm³/mol. The molecular formula is C23H29N3O5. The van der Waals surface area contributed by atoms with Gasteiger partial charge in [0.05, 0.1) is 6.04 Å². The number of carbonyl (C=O) groups is 4. The Morgan fingerprint density at radius 2 is 2.03 bits per heavy atom. The van der Waals surface area contributed by atoms with Crippen molar-refractivity contribution in [3.63, 3.8) is 0 Å². The number of carbonyl (C=O) groups excluding carboxylic acids is 4. The lowest BCUT2D eigenvalue weighted by atomic mass is 9.93. The molecule has 1 saturated carbocycles. The van der Waals surface area contributed by atoms with Crippen molar-refractivity contribution in [2.24, 2.45) is 17.8 Å². The molecular weight excluding hydrogens is 398 g/mol. The molecule has 1 aliphatic carbocycles. The molecule has 0 radical (unpaired) electrons. The van der Waals surface area contributed by atoms with Gasteiger partial charge >= 0.3 is 6.09 Å². The first-order valence-corrected chi connectivity index (χ1v) is 11.1. The van der Waals surface area contributed by atoms with Crippen LogP contribution in [0, 0.1) is 17.8 Å². The minimum Gasteiger partial charge on any atom is -0.445 e. The van der Waals surface area contributed by atoms with E-state index in [1.54, 1.807) is 0 Å². The fourth-order valence-corrected chi connectivity index (χ4v) is 5.22. The van der Waals surface area contributed by atoms with E-state index in [0.717, 1.165) is 24.8 Å². The van der Waals surface area contributed by atoms with Crippen LogP contribution in [0.25, 0.3) is 0 Å². The Morgan fingerprint density at radius 3 is 2.74 bits per heavy atom. The first-order chi connectivity index (χ1) is 15.1. The van der Waals surface area contributed by atoms with Gasteiger partial charge in [-0.2, -0.15) is 0 Å². The second kappa shape index (κ2) is 9.49. The maximum absolute atomic E-state index is 13.2. The summed E-state index contributed by atoms with van der Waals surface area (Å²) in [7, 11) is 0. The summed E-state index contributed by atoms with van der Waals surface area (Å²) in [4.78, 5) is 51.0. The molecule has 5 atom stereocenters. The topological polar surface area (TPSA) is 105 Å². The van der Waals surface area contributed by atoms with Gasteiger partial charge in [0, 0.05) is 19.0 Å². The summed E-state index contributed by atoms with van der Waals surface area (Å²) in [5.74, 6) is -0.336. The summed E-state index contributed by atoms with van der Waals surface area (Å²) < 4.78 is 5.50. The van der Waals surface area contributed by atoms with E-state index < -0.39 is 18.2 Å². The van der Waals surface area contributed by atoms with Gasteiger partial charge in [-0.25, -0.2) is 4.79 Å². The van der Waals surface area contributed by atoms with E-state index in [1.165, 1.54) is 4.90 Å². The number of hydrogen-bond acceptors (Lipinski definition) is 5. The number of nitrogens with one attached hydrogen (secondary N) is 2. The molecule has 3 amide bonds. The molecule has 0 bridgehead atoms. The van der Waals surface area contributed by atoms with Crippen molar-refractivity contribution in [1.29, 1.82) is 0 Å². The van der Waals surface area contributed by atoms with Crippen LogP contribution in [0.5, 0.6) is 0 Å². The third-order valence-corrected chi connectivity index (χ3v) is 6.79. The predicted octanol–water partition coefficient (Wildman–Crippen LogP) is 1.63. The molecule has 3 fully saturated rings. The minimum absolute atomic E-state index is 0.0753. The third kappa shape index (κ3) is 4.73. The Labute approximate surface area is 181 Å². The third-order valence-electron chi connectivity index (χ3n) is 6.79. The van der Waals surface area contributed by atoms with Crippen LogP contribution in [0.15, 0.2) is 30.3 Å². The number of nitrogens with zero attached hydrogens (tertiary/aromatic N) is 1. The lowest BCUT2D eigenvalue weighted by Crippen LogP contribution is -2.52. The van der Waals surface area contributed by atoms with Crippen molar-refractivity contribution in [2.75, 3.05) is 13.1 Å². The molecule has 0 spiro atoms. The highest BCUT2D eigenvalue weighted by Crippen LogP contribution is 2.42. The molecule has 0 aromatic heterocycles. The van der Waals surface area contributed by atoms with Crippen molar-refractivity contribution >= 4 is 24.2 Å². The van der Waals surface area contributed by atoms with Gasteiger partial charge in [-0.1, -0.05) is 36.8 Å². The zero-order chi connectivity index (χ0) is 21.8. The number of amides is 3. The largest absolute Gasteiger partial charge is 0.445 e. The number of aldehydes is 1. The smallest absolute Gasteiger partial charge is 0.410 e. The molecule has 2 heterocycles. The van der Waals surface area contributed by atoms with Crippen LogP contribution in [0.3, 0.4) is 0 Å². The molecule has 2 saturated heterocycles. The van der Waals surface area contributed by atoms with Gasteiger partial charge in [-0.3, -0.25) is 14.5 Å². The average Bonchev–Trinajstić information content (AvgIpc) is 3.48. The second-order valence-electron chi connectivity index (χ2n) is 8.76. The Kier molecular flexibility index (Phi) is 6.53. The number of rotatable bonds is 7. The summed E-state index contributed by atoms with van der Waals surface area (Å²) in [5, 5.41) is 5.54. The second-order valence-corrected chi connectivity index (χ2v) is 8.76. The Bertz CT molecular complexity index is 830. The van der Waals surface area contributed by atoms with Gasteiger partial charge in [0.15, 0.2) is 0 Å². The molecule has 8 heteroatoms. The van der Waals surface area contributed by atoms with Crippen LogP contribution >= 0.6 is 0 Å². The molecule has 3 aliphatic rings. The van der Waals surface area contributed by atoms with Crippen molar-refractivity contribution < 1.29 is 23.9 Å². The maximum Gasteiger partial charge on any atom is 0.410 e. The summed E-state index contributed by atoms with van der Waals surface area (Å²) in [6.45, 7) is 1.23.